The average Bonchev–Trinajstić information content (AvgIpc) is 2.94. The molecule has 0 radical (unpaired) electrons. The van der Waals surface area contributed by atoms with E-state index in [0.29, 0.717) is 22.2 Å². The van der Waals surface area contributed by atoms with Crippen molar-refractivity contribution in [2.24, 2.45) is 0 Å². The molecule has 0 aromatic heterocycles. The molecule has 1 fully saturated rings. The van der Waals surface area contributed by atoms with Gasteiger partial charge in [0.2, 0.25) is 11.8 Å². The molecule has 4 rings (SSSR count). The minimum Gasteiger partial charge on any atom is -0.352 e. The van der Waals surface area contributed by atoms with Crippen LogP contribution in [0.2, 0.25) is 10.0 Å². The number of carbonyl (C=O) groups is 2. The number of amides is 2. The van der Waals surface area contributed by atoms with Crippen molar-refractivity contribution in [2.45, 2.75) is 62.9 Å². The van der Waals surface area contributed by atoms with Crippen LogP contribution < -0.4 is 5.32 Å². The normalized spacial score (nSPS) is 14.5. The summed E-state index contributed by atoms with van der Waals surface area (Å²) in [4.78, 5) is 29.3. The minimum atomic E-state index is -0.692. The van der Waals surface area contributed by atoms with Gasteiger partial charge in [0, 0.05) is 24.8 Å². The van der Waals surface area contributed by atoms with Crippen molar-refractivity contribution in [1.82, 2.24) is 10.2 Å². The second-order valence-corrected chi connectivity index (χ2v) is 11.7. The first kappa shape index (κ1) is 29.4. The van der Waals surface area contributed by atoms with Gasteiger partial charge in [0.1, 0.15) is 11.9 Å². The Morgan fingerprint density at radius 1 is 0.897 bits per heavy atom. The first-order chi connectivity index (χ1) is 18.9. The molecule has 1 aliphatic rings. The Morgan fingerprint density at radius 2 is 1.59 bits per heavy atom. The number of benzene rings is 3. The zero-order valence-corrected chi connectivity index (χ0v) is 24.1. The van der Waals surface area contributed by atoms with E-state index < -0.39 is 6.04 Å². The Labute approximate surface area is 244 Å². The summed E-state index contributed by atoms with van der Waals surface area (Å²) in [5.74, 6) is 0.168. The first-order valence-electron chi connectivity index (χ1n) is 13.3. The Hall–Kier alpha value is -2.54. The van der Waals surface area contributed by atoms with E-state index in [9.17, 15) is 14.0 Å². The number of halogens is 3. The van der Waals surface area contributed by atoms with Crippen molar-refractivity contribution >= 4 is 46.8 Å². The summed E-state index contributed by atoms with van der Waals surface area (Å²) in [6, 6.07) is 20.8. The number of nitrogens with one attached hydrogen (secondary N) is 1. The van der Waals surface area contributed by atoms with E-state index >= 15 is 0 Å². The summed E-state index contributed by atoms with van der Waals surface area (Å²) < 4.78 is 13.3. The highest BCUT2D eigenvalue weighted by Gasteiger charge is 2.32. The van der Waals surface area contributed by atoms with Crippen LogP contribution in [0.1, 0.15) is 48.8 Å². The quantitative estimate of drug-likeness (QED) is 0.254. The number of carbonyl (C=O) groups excluding carboxylic acids is 2. The lowest BCUT2D eigenvalue weighted by Crippen LogP contribution is -2.53. The number of thioether (sulfide) groups is 1. The molecule has 8 heteroatoms. The fourth-order valence-electron chi connectivity index (χ4n) is 4.85. The van der Waals surface area contributed by atoms with E-state index in [0.717, 1.165) is 42.4 Å². The van der Waals surface area contributed by atoms with Crippen molar-refractivity contribution in [3.05, 3.63) is 105 Å². The summed E-state index contributed by atoms with van der Waals surface area (Å²) in [6.45, 7) is 0.225. The van der Waals surface area contributed by atoms with E-state index in [2.05, 4.69) is 5.32 Å². The molecule has 1 unspecified atom stereocenters. The molecule has 39 heavy (non-hydrogen) atoms. The zero-order chi connectivity index (χ0) is 27.6. The van der Waals surface area contributed by atoms with E-state index in [1.807, 2.05) is 36.4 Å². The molecule has 0 aliphatic heterocycles. The van der Waals surface area contributed by atoms with Crippen LogP contribution >= 0.6 is 35.0 Å². The van der Waals surface area contributed by atoms with Crippen LogP contribution in [0, 0.1) is 5.82 Å². The lowest BCUT2D eigenvalue weighted by Gasteiger charge is -2.33. The molecular weight excluding hydrogens is 554 g/mol. The first-order valence-corrected chi connectivity index (χ1v) is 15.2. The maximum Gasteiger partial charge on any atom is 0.243 e. The van der Waals surface area contributed by atoms with Crippen molar-refractivity contribution in [1.29, 1.82) is 0 Å². The third-order valence-electron chi connectivity index (χ3n) is 6.97. The van der Waals surface area contributed by atoms with Crippen LogP contribution in [0.5, 0.6) is 0 Å². The Balaban J connectivity index is 1.57. The van der Waals surface area contributed by atoms with Crippen LogP contribution in [-0.2, 0) is 28.3 Å². The smallest absolute Gasteiger partial charge is 0.243 e. The average molecular weight is 588 g/mol. The second-order valence-electron chi connectivity index (χ2n) is 9.94. The molecule has 2 amide bonds. The van der Waals surface area contributed by atoms with Crippen LogP contribution in [0.15, 0.2) is 72.8 Å². The molecule has 1 atom stereocenters. The topological polar surface area (TPSA) is 49.4 Å². The van der Waals surface area contributed by atoms with Gasteiger partial charge in [-0.15, -0.1) is 11.8 Å². The lowest BCUT2D eigenvalue weighted by molar-refractivity contribution is -0.139. The summed E-state index contributed by atoms with van der Waals surface area (Å²) in [6.07, 6.45) is 5.69. The van der Waals surface area contributed by atoms with E-state index in [4.69, 9.17) is 23.2 Å². The van der Waals surface area contributed by atoms with Gasteiger partial charge in [-0.05, 0) is 53.8 Å². The summed E-state index contributed by atoms with van der Waals surface area (Å²) in [7, 11) is 0. The predicted octanol–water partition coefficient (Wildman–Crippen LogP) is 7.45. The Bertz CT molecular complexity index is 1240. The molecule has 0 spiro atoms. The monoisotopic (exact) mass is 586 g/mol. The Kier molecular flexibility index (Phi) is 11.1. The van der Waals surface area contributed by atoms with Gasteiger partial charge < -0.3 is 10.2 Å². The molecule has 1 N–H and O–H groups in total. The van der Waals surface area contributed by atoms with Gasteiger partial charge in [0.05, 0.1) is 15.8 Å². The number of hydrogen-bond donors (Lipinski definition) is 1. The summed E-state index contributed by atoms with van der Waals surface area (Å²) in [5, 5.41) is 4.08. The second kappa shape index (κ2) is 14.7. The standard InChI is InChI=1S/C31H33Cl2FN2O2S/c32-27-16-13-24(17-28(27)33)19-36(30(37)21-39-20-23-11-14-25(34)15-12-23)29(18-22-7-3-1-4-8-22)31(38)35-26-9-5-2-6-10-26/h1,3-4,7-8,11-17,26,29H,2,5-6,9-10,18-21H2,(H,35,38). The largest absolute Gasteiger partial charge is 0.352 e. The van der Waals surface area contributed by atoms with Crippen LogP contribution in [0.4, 0.5) is 4.39 Å². The van der Waals surface area contributed by atoms with Crippen LogP contribution in [0.25, 0.3) is 0 Å². The van der Waals surface area contributed by atoms with Crippen molar-refractivity contribution < 1.29 is 14.0 Å². The highest BCUT2D eigenvalue weighted by Crippen LogP contribution is 2.25. The number of rotatable bonds is 11. The third-order valence-corrected chi connectivity index (χ3v) is 8.69. The molecule has 4 nitrogen and oxygen atoms in total. The van der Waals surface area contributed by atoms with Gasteiger partial charge in [-0.2, -0.15) is 0 Å². The summed E-state index contributed by atoms with van der Waals surface area (Å²) >= 11 is 13.9. The molecule has 0 bridgehead atoms. The molecule has 0 saturated heterocycles. The molecule has 206 valence electrons. The van der Waals surface area contributed by atoms with Crippen molar-refractivity contribution in [3.63, 3.8) is 0 Å². The fourth-order valence-corrected chi connectivity index (χ4v) is 6.04. The Morgan fingerprint density at radius 3 is 2.28 bits per heavy atom. The molecule has 1 saturated carbocycles. The molecular formula is C31H33Cl2FN2O2S. The number of nitrogens with zero attached hydrogens (tertiary/aromatic N) is 1. The van der Waals surface area contributed by atoms with Crippen LogP contribution in [-0.4, -0.2) is 34.6 Å². The van der Waals surface area contributed by atoms with E-state index in [1.54, 1.807) is 29.2 Å². The molecule has 0 heterocycles. The predicted molar refractivity (Wildman–Crippen MR) is 159 cm³/mol. The minimum absolute atomic E-state index is 0.124. The fraction of sp³-hybridized carbons (Fsp3) is 0.355. The van der Waals surface area contributed by atoms with Gasteiger partial charge in [-0.25, -0.2) is 4.39 Å². The SMILES string of the molecule is O=C(NC1CCCCC1)C(Cc1ccccc1)N(Cc1ccc(Cl)c(Cl)c1)C(=O)CSCc1ccc(F)cc1. The number of hydrogen-bond acceptors (Lipinski definition) is 3. The molecule has 3 aromatic rings. The van der Waals surface area contributed by atoms with Crippen molar-refractivity contribution in [2.75, 3.05) is 5.75 Å². The maximum atomic E-state index is 13.8. The maximum absolute atomic E-state index is 13.8. The van der Waals surface area contributed by atoms with Gasteiger partial charge in [0.25, 0.3) is 0 Å². The molecule has 1 aliphatic carbocycles. The lowest BCUT2D eigenvalue weighted by atomic mass is 9.94. The summed E-state index contributed by atoms with van der Waals surface area (Å²) in [5.41, 5.74) is 2.71. The zero-order valence-electron chi connectivity index (χ0n) is 21.8. The third kappa shape index (κ3) is 8.99. The molecule has 3 aromatic carbocycles. The highest BCUT2D eigenvalue weighted by atomic mass is 35.5. The van der Waals surface area contributed by atoms with Gasteiger partial charge in [-0.1, -0.05) is 91.0 Å². The van der Waals surface area contributed by atoms with Crippen LogP contribution in [0.3, 0.4) is 0 Å². The van der Waals surface area contributed by atoms with Crippen molar-refractivity contribution in [3.8, 4) is 0 Å². The van der Waals surface area contributed by atoms with E-state index in [-0.39, 0.29) is 36.0 Å². The highest BCUT2D eigenvalue weighted by molar-refractivity contribution is 7.99. The van der Waals surface area contributed by atoms with E-state index in [1.165, 1.54) is 30.3 Å². The van der Waals surface area contributed by atoms with Gasteiger partial charge in [0.15, 0.2) is 0 Å². The van der Waals surface area contributed by atoms with Gasteiger partial charge in [-0.3, -0.25) is 9.59 Å². The van der Waals surface area contributed by atoms with Gasteiger partial charge >= 0.3 is 0 Å².